The number of aromatic nitrogens is 2. The molecule has 4 rings (SSSR count). The van der Waals surface area contributed by atoms with Crippen LogP contribution < -0.4 is 10.0 Å². The second-order valence-electron chi connectivity index (χ2n) is 6.35. The first-order valence-corrected chi connectivity index (χ1v) is 11.1. The molecule has 9 heteroatoms. The van der Waals surface area contributed by atoms with Crippen LogP contribution in [0.2, 0.25) is 0 Å². The van der Waals surface area contributed by atoms with Crippen LogP contribution in [0.3, 0.4) is 0 Å². The quantitative estimate of drug-likeness (QED) is 0.510. The molecule has 2 aromatic carbocycles. The number of hydrogen-bond acceptors (Lipinski definition) is 5. The Labute approximate surface area is 172 Å². The van der Waals surface area contributed by atoms with Crippen molar-refractivity contribution in [3.05, 3.63) is 71.2 Å². The summed E-state index contributed by atoms with van der Waals surface area (Å²) in [4.78, 5) is 14.3. The number of thiophene rings is 1. The first-order valence-electron chi connectivity index (χ1n) is 8.78. The zero-order valence-corrected chi connectivity index (χ0v) is 17.3. The molecule has 4 aromatic rings. The summed E-state index contributed by atoms with van der Waals surface area (Å²) in [7, 11) is -2.24. The van der Waals surface area contributed by atoms with E-state index >= 15 is 0 Å². The van der Waals surface area contributed by atoms with Crippen LogP contribution in [0.15, 0.2) is 65.6 Å². The van der Waals surface area contributed by atoms with Crippen molar-refractivity contribution in [2.24, 2.45) is 0 Å². The van der Waals surface area contributed by atoms with Gasteiger partial charge in [0.05, 0.1) is 21.2 Å². The van der Waals surface area contributed by atoms with Crippen LogP contribution >= 0.6 is 11.3 Å². The van der Waals surface area contributed by atoms with Crippen LogP contribution in [0.1, 0.15) is 15.4 Å². The first kappa shape index (κ1) is 19.3. The molecule has 0 aliphatic heterocycles. The lowest BCUT2D eigenvalue weighted by Crippen LogP contribution is -2.19. The van der Waals surface area contributed by atoms with E-state index in [2.05, 4.69) is 15.1 Å². The van der Waals surface area contributed by atoms with E-state index < -0.39 is 10.0 Å². The van der Waals surface area contributed by atoms with Crippen LogP contribution in [-0.2, 0) is 10.0 Å². The molecule has 0 bridgehead atoms. The highest BCUT2D eigenvalue weighted by Crippen LogP contribution is 2.31. The lowest BCUT2D eigenvalue weighted by molar-refractivity contribution is 0.103. The average molecular weight is 427 g/mol. The summed E-state index contributed by atoms with van der Waals surface area (Å²) in [6.45, 7) is 1.91. The first-order chi connectivity index (χ1) is 13.9. The van der Waals surface area contributed by atoms with Crippen LogP contribution in [0.25, 0.3) is 15.9 Å². The predicted octanol–water partition coefficient (Wildman–Crippen LogP) is 3.56. The Kier molecular flexibility index (Phi) is 4.95. The molecule has 0 saturated carbocycles. The Morgan fingerprint density at radius 1 is 1.07 bits per heavy atom. The molecule has 0 unspecified atom stereocenters. The second kappa shape index (κ2) is 7.43. The van der Waals surface area contributed by atoms with E-state index in [-0.39, 0.29) is 10.8 Å². The minimum atomic E-state index is -3.58. The van der Waals surface area contributed by atoms with Gasteiger partial charge in [-0.1, -0.05) is 24.3 Å². The second-order valence-corrected chi connectivity index (χ2v) is 9.27. The third-order valence-electron chi connectivity index (χ3n) is 4.44. The summed E-state index contributed by atoms with van der Waals surface area (Å²) in [5.41, 5.74) is 2.16. The number of fused-ring (bicyclic) bond motifs is 1. The van der Waals surface area contributed by atoms with Gasteiger partial charge in [-0.25, -0.2) is 17.8 Å². The van der Waals surface area contributed by atoms with Crippen molar-refractivity contribution in [2.75, 3.05) is 12.4 Å². The highest BCUT2D eigenvalue weighted by Gasteiger charge is 2.18. The fraction of sp³-hybridized carbons (Fsp3) is 0.100. The normalized spacial score (nSPS) is 11.7. The summed E-state index contributed by atoms with van der Waals surface area (Å²) >= 11 is 1.34. The van der Waals surface area contributed by atoms with Gasteiger partial charge < -0.3 is 5.32 Å². The minimum absolute atomic E-state index is 0.0877. The van der Waals surface area contributed by atoms with E-state index in [0.29, 0.717) is 10.6 Å². The minimum Gasteiger partial charge on any atom is -0.321 e. The Bertz CT molecular complexity index is 1310. The maximum atomic E-state index is 12.8. The molecule has 1 amide bonds. The zero-order valence-electron chi connectivity index (χ0n) is 15.7. The number of rotatable bonds is 5. The number of amides is 1. The summed E-state index contributed by atoms with van der Waals surface area (Å²) in [5.74, 6) is -0.302. The van der Waals surface area contributed by atoms with Crippen LogP contribution in [0, 0.1) is 6.92 Å². The van der Waals surface area contributed by atoms with Gasteiger partial charge in [0.2, 0.25) is 10.0 Å². The molecule has 0 saturated heterocycles. The molecule has 29 heavy (non-hydrogen) atoms. The third-order valence-corrected chi connectivity index (χ3v) is 6.96. The van der Waals surface area contributed by atoms with Gasteiger partial charge in [0.1, 0.15) is 4.83 Å². The molecular formula is C20H18N4O3S2. The Morgan fingerprint density at radius 2 is 1.83 bits per heavy atom. The number of sulfonamides is 1. The van der Waals surface area contributed by atoms with Gasteiger partial charge >= 0.3 is 0 Å². The molecule has 0 spiro atoms. The van der Waals surface area contributed by atoms with Crippen LogP contribution in [-0.4, -0.2) is 31.2 Å². The predicted molar refractivity (Wildman–Crippen MR) is 114 cm³/mol. The molecule has 0 aliphatic carbocycles. The number of benzene rings is 2. The summed E-state index contributed by atoms with van der Waals surface area (Å²) in [5, 5.41) is 8.26. The van der Waals surface area contributed by atoms with Crippen LogP contribution in [0.4, 0.5) is 5.69 Å². The van der Waals surface area contributed by atoms with E-state index in [1.54, 1.807) is 12.1 Å². The standard InChI is InChI=1S/C20H18N4O3S2/c1-13-17-12-18(28-20(17)24(23-13)15-8-4-3-5-9-15)19(25)22-14-7-6-10-16(11-14)29(26,27)21-2/h3-12,21H,1-2H3,(H,22,25). The SMILES string of the molecule is CNS(=O)(=O)c1cccc(NC(=O)c2cc3c(C)nn(-c4ccccc4)c3s2)c1. The molecule has 7 nitrogen and oxygen atoms in total. The van der Waals surface area contributed by atoms with Gasteiger partial charge in [-0.3, -0.25) is 4.79 Å². The van der Waals surface area contributed by atoms with Gasteiger partial charge in [-0.15, -0.1) is 11.3 Å². The number of nitrogens with one attached hydrogen (secondary N) is 2. The van der Waals surface area contributed by atoms with E-state index in [0.717, 1.165) is 21.6 Å². The zero-order chi connectivity index (χ0) is 20.6. The maximum Gasteiger partial charge on any atom is 0.265 e. The molecule has 2 heterocycles. The summed E-state index contributed by atoms with van der Waals surface area (Å²) in [6.07, 6.45) is 0. The van der Waals surface area contributed by atoms with E-state index in [1.807, 2.05) is 48.0 Å². The number of hydrogen-bond donors (Lipinski definition) is 2. The van der Waals surface area contributed by atoms with Crippen molar-refractivity contribution >= 4 is 43.2 Å². The monoisotopic (exact) mass is 426 g/mol. The van der Waals surface area contributed by atoms with Gasteiger partial charge in [0.25, 0.3) is 5.91 Å². The number of carbonyl (C=O) groups excluding carboxylic acids is 1. The molecule has 0 atom stereocenters. The molecule has 2 N–H and O–H groups in total. The highest BCUT2D eigenvalue weighted by atomic mass is 32.2. The largest absolute Gasteiger partial charge is 0.321 e. The van der Waals surface area contributed by atoms with Crippen molar-refractivity contribution in [1.82, 2.24) is 14.5 Å². The van der Waals surface area contributed by atoms with Crippen molar-refractivity contribution in [2.45, 2.75) is 11.8 Å². The van der Waals surface area contributed by atoms with Gasteiger partial charge in [-0.05, 0) is 50.4 Å². The van der Waals surface area contributed by atoms with Crippen LogP contribution in [0.5, 0.6) is 0 Å². The molecule has 2 aromatic heterocycles. The van der Waals surface area contributed by atoms with Crippen molar-refractivity contribution in [3.8, 4) is 5.69 Å². The van der Waals surface area contributed by atoms with E-state index in [4.69, 9.17) is 0 Å². The lowest BCUT2D eigenvalue weighted by Gasteiger charge is -2.07. The topological polar surface area (TPSA) is 93.1 Å². The summed E-state index contributed by atoms with van der Waals surface area (Å²) < 4.78 is 28.0. The highest BCUT2D eigenvalue weighted by molar-refractivity contribution is 7.89. The average Bonchev–Trinajstić information content (AvgIpc) is 3.30. The Morgan fingerprint density at radius 3 is 2.55 bits per heavy atom. The molecule has 0 radical (unpaired) electrons. The molecule has 0 fully saturated rings. The van der Waals surface area contributed by atoms with E-state index in [9.17, 15) is 13.2 Å². The van der Waals surface area contributed by atoms with E-state index in [1.165, 1.54) is 30.5 Å². The van der Waals surface area contributed by atoms with Crippen molar-refractivity contribution in [3.63, 3.8) is 0 Å². The van der Waals surface area contributed by atoms with Gasteiger partial charge in [0.15, 0.2) is 0 Å². The van der Waals surface area contributed by atoms with Crippen molar-refractivity contribution in [1.29, 1.82) is 0 Å². The smallest absolute Gasteiger partial charge is 0.265 e. The number of aryl methyl sites for hydroxylation is 1. The molecular weight excluding hydrogens is 408 g/mol. The fourth-order valence-electron chi connectivity index (χ4n) is 2.95. The third kappa shape index (κ3) is 3.67. The number of nitrogens with zero attached hydrogens (tertiary/aromatic N) is 2. The fourth-order valence-corrected chi connectivity index (χ4v) is 4.81. The Balaban J connectivity index is 1.66. The van der Waals surface area contributed by atoms with Crippen molar-refractivity contribution < 1.29 is 13.2 Å². The summed E-state index contributed by atoms with van der Waals surface area (Å²) in [6, 6.07) is 17.7. The van der Waals surface area contributed by atoms with Gasteiger partial charge in [0, 0.05) is 11.1 Å². The Hall–Kier alpha value is -3.01. The number of anilines is 1. The molecule has 0 aliphatic rings. The maximum absolute atomic E-state index is 12.8. The lowest BCUT2D eigenvalue weighted by atomic mass is 10.3. The molecule has 148 valence electrons. The van der Waals surface area contributed by atoms with Gasteiger partial charge in [-0.2, -0.15) is 5.10 Å². The number of carbonyl (C=O) groups is 1. The number of para-hydroxylation sites is 1.